The summed E-state index contributed by atoms with van der Waals surface area (Å²) in [6.07, 6.45) is -2.94. The Kier molecular flexibility index (Phi) is 5.30. The van der Waals surface area contributed by atoms with Crippen LogP contribution in [0.15, 0.2) is 30.5 Å². The number of nitrogens with one attached hydrogen (secondary N) is 1. The smallest absolute Gasteiger partial charge is 0.416 e. The van der Waals surface area contributed by atoms with Crippen molar-refractivity contribution in [1.82, 2.24) is 9.97 Å². The normalized spacial score (nSPS) is 12.5. The van der Waals surface area contributed by atoms with E-state index in [2.05, 4.69) is 9.97 Å². The van der Waals surface area contributed by atoms with Gasteiger partial charge in [-0.1, -0.05) is 4.98 Å². The lowest BCUT2D eigenvalue weighted by Crippen LogP contribution is -2.37. The van der Waals surface area contributed by atoms with E-state index < -0.39 is 20.9 Å². The molecule has 0 atom stereocenters. The van der Waals surface area contributed by atoms with E-state index in [-0.39, 0.29) is 17.2 Å². The molecule has 0 aliphatic heterocycles. The average molecular weight is 434 g/mol. The van der Waals surface area contributed by atoms with Crippen molar-refractivity contribution in [2.75, 3.05) is 7.11 Å². The van der Waals surface area contributed by atoms with Crippen molar-refractivity contribution < 1.29 is 35.4 Å². The molecule has 0 fully saturated rings. The summed E-state index contributed by atoms with van der Waals surface area (Å²) in [6, 6.07) is 4.76. The summed E-state index contributed by atoms with van der Waals surface area (Å²) in [5.74, 6) is 0.552. The molecule has 2 heterocycles. The molecule has 7 nitrogen and oxygen atoms in total. The predicted octanol–water partition coefficient (Wildman–Crippen LogP) is 3.21. The molecule has 3 rings (SSSR count). The van der Waals surface area contributed by atoms with Gasteiger partial charge in [0.25, 0.3) is 0 Å². The molecule has 0 amide bonds. The Hall–Kier alpha value is -2.31. The van der Waals surface area contributed by atoms with Gasteiger partial charge in [-0.05, 0) is 25.1 Å². The maximum Gasteiger partial charge on any atom is 0.416 e. The number of hydrogen-bond acceptors (Lipinski definition) is 5. The van der Waals surface area contributed by atoms with E-state index in [9.17, 15) is 21.6 Å². The first kappa shape index (κ1) is 20.4. The van der Waals surface area contributed by atoms with E-state index in [1.54, 1.807) is 19.2 Å². The molecule has 2 N–H and O–H groups in total. The molecule has 28 heavy (non-hydrogen) atoms. The molecule has 0 saturated heterocycles. The molecule has 2 aromatic heterocycles. The number of benzene rings is 1. The van der Waals surface area contributed by atoms with Crippen LogP contribution in [0.1, 0.15) is 16.8 Å². The van der Waals surface area contributed by atoms with Gasteiger partial charge in [0, 0.05) is 22.4 Å². The fourth-order valence-electron chi connectivity index (χ4n) is 2.69. The summed E-state index contributed by atoms with van der Waals surface area (Å²) >= 11 is 0. The highest BCUT2D eigenvalue weighted by Gasteiger charge is 2.32. The van der Waals surface area contributed by atoms with Gasteiger partial charge in [0.2, 0.25) is 0 Å². The minimum absolute atomic E-state index is 0.132. The van der Waals surface area contributed by atoms with Gasteiger partial charge in [0.05, 0.1) is 24.6 Å². The van der Waals surface area contributed by atoms with E-state index >= 15 is 0 Å². The molecule has 0 spiro atoms. The highest BCUT2D eigenvalue weighted by molar-refractivity contribution is 8.69. The van der Waals surface area contributed by atoms with Crippen LogP contribution in [0.4, 0.5) is 13.2 Å². The first-order valence-electron chi connectivity index (χ1n) is 7.77. The molecular formula is C16H15F3N3O4S2+. The van der Waals surface area contributed by atoms with Gasteiger partial charge in [-0.25, -0.2) is 9.55 Å². The van der Waals surface area contributed by atoms with Crippen molar-refractivity contribution in [2.24, 2.45) is 0 Å². The van der Waals surface area contributed by atoms with E-state index in [1.807, 2.05) is 0 Å². The van der Waals surface area contributed by atoms with Crippen LogP contribution in [0, 0.1) is 6.92 Å². The van der Waals surface area contributed by atoms with Gasteiger partial charge in [-0.3, -0.25) is 4.55 Å². The first-order valence-corrected chi connectivity index (χ1v) is 10.7. The number of H-pyrrole nitrogens is 1. The molecular weight excluding hydrogens is 419 g/mol. The van der Waals surface area contributed by atoms with Crippen LogP contribution in [0.2, 0.25) is 0 Å². The fraction of sp³-hybridized carbons (Fsp3) is 0.250. The number of imidazole rings is 1. The number of nitrogens with zero attached hydrogens (tertiary/aromatic N) is 2. The Morgan fingerprint density at radius 3 is 2.64 bits per heavy atom. The van der Waals surface area contributed by atoms with Crippen LogP contribution in [-0.2, 0) is 21.1 Å². The number of hydrogen-bond donors (Lipinski definition) is 2. The molecule has 3 aromatic rings. The number of fused-ring (bicyclic) bond motifs is 1. The van der Waals surface area contributed by atoms with Crippen molar-refractivity contribution >= 4 is 31.0 Å². The van der Waals surface area contributed by atoms with Gasteiger partial charge in [-0.15, -0.1) is 0 Å². The highest BCUT2D eigenvalue weighted by Crippen LogP contribution is 2.31. The van der Waals surface area contributed by atoms with Crippen molar-refractivity contribution in [2.45, 2.75) is 18.9 Å². The van der Waals surface area contributed by atoms with E-state index in [0.29, 0.717) is 33.3 Å². The molecule has 150 valence electrons. The third kappa shape index (κ3) is 4.23. The standard InChI is InChI=1S/C16H14F3N3O4S2/c1-9-13(8-27-28(23,24)25)22(6-5-14(9)26-2)15-20-11-4-3-10(16(17,18)19)7-12(11)21-15/h3-7H,8H2,1-2H3,(H-,20,21,23,24,25)/p+1. The Labute approximate surface area is 161 Å². The zero-order valence-corrected chi connectivity index (χ0v) is 16.2. The van der Waals surface area contributed by atoms with Crippen molar-refractivity contribution in [1.29, 1.82) is 0 Å². The summed E-state index contributed by atoms with van der Waals surface area (Å²) in [5.41, 5.74) is 0.722. The quantitative estimate of drug-likeness (QED) is 0.364. The van der Waals surface area contributed by atoms with Gasteiger partial charge in [0.15, 0.2) is 5.52 Å². The zero-order chi connectivity index (χ0) is 20.7. The second-order valence-corrected chi connectivity index (χ2v) is 9.16. The van der Waals surface area contributed by atoms with E-state index in [4.69, 9.17) is 9.29 Å². The second kappa shape index (κ2) is 7.26. The number of ether oxygens (including phenoxy) is 1. The summed E-state index contributed by atoms with van der Waals surface area (Å²) in [4.78, 5) is 7.10. The third-order valence-corrected chi connectivity index (χ3v) is 5.99. The second-order valence-electron chi connectivity index (χ2n) is 5.81. The number of alkyl halides is 3. The Morgan fingerprint density at radius 1 is 1.32 bits per heavy atom. The number of aromatic nitrogens is 3. The lowest BCUT2D eigenvalue weighted by atomic mass is 10.2. The van der Waals surface area contributed by atoms with Crippen LogP contribution in [0.3, 0.4) is 0 Å². The summed E-state index contributed by atoms with van der Waals surface area (Å²) in [7, 11) is -2.54. The average Bonchev–Trinajstić information content (AvgIpc) is 3.01. The third-order valence-electron chi connectivity index (χ3n) is 4.06. The van der Waals surface area contributed by atoms with Crippen LogP contribution < -0.4 is 9.30 Å². The van der Waals surface area contributed by atoms with Crippen LogP contribution >= 0.6 is 10.8 Å². The fourth-order valence-corrected chi connectivity index (χ4v) is 4.09. The maximum absolute atomic E-state index is 12.9. The lowest BCUT2D eigenvalue weighted by molar-refractivity contribution is -0.610. The lowest BCUT2D eigenvalue weighted by Gasteiger charge is -2.11. The number of pyridine rings is 1. The largest absolute Gasteiger partial charge is 0.496 e. The summed E-state index contributed by atoms with van der Waals surface area (Å²) < 4.78 is 76.8. The minimum Gasteiger partial charge on any atom is -0.496 e. The monoisotopic (exact) mass is 434 g/mol. The molecule has 0 aliphatic carbocycles. The molecule has 0 saturated carbocycles. The van der Waals surface area contributed by atoms with Gasteiger partial charge >= 0.3 is 21.3 Å². The van der Waals surface area contributed by atoms with Gasteiger partial charge in [-0.2, -0.15) is 21.6 Å². The molecule has 0 aliphatic rings. The molecule has 1 aromatic carbocycles. The van der Waals surface area contributed by atoms with Crippen molar-refractivity contribution in [3.8, 4) is 11.7 Å². The molecule has 0 bridgehead atoms. The molecule has 0 unspecified atom stereocenters. The summed E-state index contributed by atoms with van der Waals surface area (Å²) in [6.45, 7) is 1.69. The topological polar surface area (TPSA) is 96.2 Å². The number of halogens is 3. The van der Waals surface area contributed by atoms with E-state index in [0.717, 1.165) is 12.1 Å². The van der Waals surface area contributed by atoms with Crippen molar-refractivity contribution in [3.63, 3.8) is 0 Å². The van der Waals surface area contributed by atoms with E-state index in [1.165, 1.54) is 17.7 Å². The van der Waals surface area contributed by atoms with Gasteiger partial charge in [0.1, 0.15) is 17.0 Å². The molecule has 12 heteroatoms. The van der Waals surface area contributed by atoms with Crippen molar-refractivity contribution in [3.05, 3.63) is 47.3 Å². The van der Waals surface area contributed by atoms with Crippen LogP contribution in [0.25, 0.3) is 17.0 Å². The maximum atomic E-state index is 12.9. The number of rotatable bonds is 5. The Balaban J connectivity index is 2.13. The number of aromatic amines is 1. The minimum atomic E-state index is -4.49. The SMILES string of the molecule is COc1cc[n+](-c2nc3ccc(C(F)(F)F)cc3[nH]2)c(CSS(=O)(=O)O)c1C. The Bertz CT molecular complexity index is 1140. The first-order chi connectivity index (χ1) is 13.0. The van der Waals surface area contributed by atoms with Gasteiger partial charge < -0.3 is 4.74 Å². The number of methoxy groups -OCH3 is 1. The molecule has 0 radical (unpaired) electrons. The Morgan fingerprint density at radius 2 is 2.04 bits per heavy atom. The zero-order valence-electron chi connectivity index (χ0n) is 14.6. The predicted molar refractivity (Wildman–Crippen MR) is 96.8 cm³/mol. The summed E-state index contributed by atoms with van der Waals surface area (Å²) in [5, 5.41) is 0. The highest BCUT2D eigenvalue weighted by atomic mass is 33.1. The van der Waals surface area contributed by atoms with Crippen LogP contribution in [-0.4, -0.2) is 30.0 Å². The van der Waals surface area contributed by atoms with Crippen LogP contribution in [0.5, 0.6) is 5.75 Å².